The summed E-state index contributed by atoms with van der Waals surface area (Å²) < 4.78 is 4.97. The number of imidazole rings is 1. The number of amides is 1. The van der Waals surface area contributed by atoms with Crippen LogP contribution in [-0.4, -0.2) is 51.4 Å². The number of aromatic nitrogens is 2. The summed E-state index contributed by atoms with van der Waals surface area (Å²) in [5.41, 5.74) is 1.05. The van der Waals surface area contributed by atoms with E-state index in [2.05, 4.69) is 21.9 Å². The number of aromatic amines is 1. The van der Waals surface area contributed by atoms with Crippen LogP contribution in [0.15, 0.2) is 37.3 Å². The van der Waals surface area contributed by atoms with Gasteiger partial charge in [0.1, 0.15) is 0 Å². The van der Waals surface area contributed by atoms with E-state index in [1.807, 2.05) is 0 Å². The number of ether oxygens (including phenoxy) is 1. The minimum absolute atomic E-state index is 0.369. The number of carbonyl (C=O) groups is 3. The van der Waals surface area contributed by atoms with Crippen LogP contribution in [0.25, 0.3) is 0 Å². The second-order valence-electron chi connectivity index (χ2n) is 4.33. The van der Waals surface area contributed by atoms with E-state index in [9.17, 15) is 14.4 Å². The third-order valence-corrected chi connectivity index (χ3v) is 2.36. The maximum absolute atomic E-state index is 11.1. The standard InChI is InChI=1S/C11H17N3O2.C4H4O4/c1-2-3-6-13-11(15)16-7-4-5-10-8-12-9-14-10;5-3(6)1-2-4(7)8/h2,8-9H,1,3-7H2,(H,12,14)(H,13,15);1-2H,(H,5,6)(H,7,8)/b;2-1-. The first-order valence-electron chi connectivity index (χ1n) is 7.08. The van der Waals surface area contributed by atoms with Crippen LogP contribution in [0, 0.1) is 0 Å². The van der Waals surface area contributed by atoms with Crippen molar-refractivity contribution in [3.8, 4) is 0 Å². The van der Waals surface area contributed by atoms with Crippen LogP contribution in [-0.2, 0) is 20.7 Å². The van der Waals surface area contributed by atoms with Gasteiger partial charge in [-0.3, -0.25) is 0 Å². The van der Waals surface area contributed by atoms with E-state index in [1.54, 1.807) is 18.6 Å². The Morgan fingerprint density at radius 1 is 1.29 bits per heavy atom. The molecular formula is C15H21N3O6. The zero-order chi connectivity index (χ0) is 18.2. The van der Waals surface area contributed by atoms with Crippen molar-refractivity contribution in [1.29, 1.82) is 0 Å². The summed E-state index contributed by atoms with van der Waals surface area (Å²) in [6, 6.07) is 0. The molecule has 0 atom stereocenters. The van der Waals surface area contributed by atoms with Gasteiger partial charge in [-0.05, 0) is 19.3 Å². The van der Waals surface area contributed by atoms with E-state index in [0.29, 0.717) is 25.3 Å². The first-order valence-corrected chi connectivity index (χ1v) is 7.08. The largest absolute Gasteiger partial charge is 0.478 e. The van der Waals surface area contributed by atoms with Gasteiger partial charge in [0.2, 0.25) is 0 Å². The average molecular weight is 339 g/mol. The Morgan fingerprint density at radius 2 is 1.96 bits per heavy atom. The number of hydrogen-bond acceptors (Lipinski definition) is 5. The highest BCUT2D eigenvalue weighted by molar-refractivity contribution is 5.89. The number of H-pyrrole nitrogens is 1. The van der Waals surface area contributed by atoms with Gasteiger partial charge in [0.15, 0.2) is 0 Å². The van der Waals surface area contributed by atoms with Gasteiger partial charge in [-0.15, -0.1) is 6.58 Å². The number of nitrogens with zero attached hydrogens (tertiary/aromatic N) is 1. The molecule has 1 amide bonds. The predicted molar refractivity (Wildman–Crippen MR) is 85.5 cm³/mol. The predicted octanol–water partition coefficient (Wildman–Crippen LogP) is 1.36. The van der Waals surface area contributed by atoms with Crippen LogP contribution in [0.3, 0.4) is 0 Å². The molecule has 9 heteroatoms. The summed E-state index contributed by atoms with van der Waals surface area (Å²) in [4.78, 5) is 37.1. The molecule has 0 unspecified atom stereocenters. The monoisotopic (exact) mass is 339 g/mol. The molecule has 0 bridgehead atoms. The van der Waals surface area contributed by atoms with Crippen LogP contribution in [0.2, 0.25) is 0 Å². The molecule has 0 aliphatic heterocycles. The molecule has 0 aliphatic rings. The summed E-state index contributed by atoms with van der Waals surface area (Å²) in [6.07, 6.45) is 8.28. The normalized spacial score (nSPS) is 9.67. The summed E-state index contributed by atoms with van der Waals surface area (Å²) in [7, 11) is 0. The van der Waals surface area contributed by atoms with Crippen molar-refractivity contribution < 1.29 is 29.3 Å². The Kier molecular flexibility index (Phi) is 11.8. The summed E-state index contributed by atoms with van der Waals surface area (Å²) in [6.45, 7) is 4.55. The number of hydrogen-bond donors (Lipinski definition) is 4. The number of carboxylic acid groups (broad SMARTS) is 2. The Hall–Kier alpha value is -3.10. The highest BCUT2D eigenvalue weighted by Gasteiger charge is 2.00. The zero-order valence-electron chi connectivity index (χ0n) is 13.1. The molecule has 0 saturated carbocycles. The maximum Gasteiger partial charge on any atom is 0.407 e. The van der Waals surface area contributed by atoms with E-state index in [4.69, 9.17) is 14.9 Å². The molecule has 1 aromatic heterocycles. The smallest absolute Gasteiger partial charge is 0.407 e. The summed E-state index contributed by atoms with van der Waals surface area (Å²) in [5, 5.41) is 18.2. The first-order chi connectivity index (χ1) is 11.5. The van der Waals surface area contributed by atoms with E-state index in [-0.39, 0.29) is 6.09 Å². The van der Waals surface area contributed by atoms with Crippen LogP contribution < -0.4 is 5.32 Å². The van der Waals surface area contributed by atoms with Crippen LogP contribution in [0.5, 0.6) is 0 Å². The molecular weight excluding hydrogens is 318 g/mol. The van der Waals surface area contributed by atoms with Crippen molar-refractivity contribution in [3.63, 3.8) is 0 Å². The van der Waals surface area contributed by atoms with Crippen molar-refractivity contribution in [2.24, 2.45) is 0 Å². The second-order valence-corrected chi connectivity index (χ2v) is 4.33. The lowest BCUT2D eigenvalue weighted by molar-refractivity contribution is -0.134. The van der Waals surface area contributed by atoms with Gasteiger partial charge in [0.05, 0.1) is 12.9 Å². The van der Waals surface area contributed by atoms with Crippen molar-refractivity contribution in [2.75, 3.05) is 13.2 Å². The van der Waals surface area contributed by atoms with Crippen LogP contribution >= 0.6 is 0 Å². The third kappa shape index (κ3) is 13.9. The molecule has 0 aliphatic carbocycles. The maximum atomic E-state index is 11.1. The van der Waals surface area contributed by atoms with Crippen LogP contribution in [0.1, 0.15) is 18.5 Å². The second kappa shape index (κ2) is 13.6. The van der Waals surface area contributed by atoms with Crippen molar-refractivity contribution >= 4 is 18.0 Å². The first kappa shape index (κ1) is 20.9. The molecule has 0 saturated heterocycles. The quantitative estimate of drug-likeness (QED) is 0.302. The van der Waals surface area contributed by atoms with Crippen molar-refractivity contribution in [2.45, 2.75) is 19.3 Å². The number of alkyl carbamates (subject to hydrolysis) is 1. The number of nitrogens with one attached hydrogen (secondary N) is 2. The molecule has 0 spiro atoms. The lowest BCUT2D eigenvalue weighted by Crippen LogP contribution is -2.25. The molecule has 1 heterocycles. The fourth-order valence-corrected chi connectivity index (χ4v) is 1.32. The molecule has 1 rings (SSSR count). The van der Waals surface area contributed by atoms with Gasteiger partial charge >= 0.3 is 18.0 Å². The fraction of sp³-hybridized carbons (Fsp3) is 0.333. The summed E-state index contributed by atoms with van der Waals surface area (Å²) >= 11 is 0. The molecule has 1 aromatic rings. The number of carboxylic acids is 2. The number of aliphatic carboxylic acids is 2. The zero-order valence-corrected chi connectivity index (χ0v) is 13.1. The van der Waals surface area contributed by atoms with E-state index in [0.717, 1.165) is 25.0 Å². The number of aryl methyl sites for hydroxylation is 1. The molecule has 4 N–H and O–H groups in total. The van der Waals surface area contributed by atoms with Crippen molar-refractivity contribution in [1.82, 2.24) is 15.3 Å². The topological polar surface area (TPSA) is 142 Å². The van der Waals surface area contributed by atoms with E-state index in [1.165, 1.54) is 0 Å². The molecule has 0 aromatic carbocycles. The fourth-order valence-electron chi connectivity index (χ4n) is 1.32. The molecule has 0 fully saturated rings. The molecule has 0 radical (unpaired) electrons. The van der Waals surface area contributed by atoms with Gasteiger partial charge in [0, 0.05) is 30.6 Å². The van der Waals surface area contributed by atoms with Gasteiger partial charge in [-0.25, -0.2) is 19.4 Å². The van der Waals surface area contributed by atoms with Gasteiger partial charge < -0.3 is 25.3 Å². The lowest BCUT2D eigenvalue weighted by atomic mass is 10.3. The van der Waals surface area contributed by atoms with E-state index < -0.39 is 11.9 Å². The Balaban J connectivity index is 0.000000561. The number of rotatable bonds is 9. The number of carbonyl (C=O) groups excluding carboxylic acids is 1. The van der Waals surface area contributed by atoms with E-state index >= 15 is 0 Å². The molecule has 24 heavy (non-hydrogen) atoms. The minimum atomic E-state index is -1.26. The Labute approximate surface area is 139 Å². The van der Waals surface area contributed by atoms with Crippen LogP contribution in [0.4, 0.5) is 4.79 Å². The minimum Gasteiger partial charge on any atom is -0.478 e. The third-order valence-electron chi connectivity index (χ3n) is 2.36. The highest BCUT2D eigenvalue weighted by Crippen LogP contribution is 1.97. The summed E-state index contributed by atoms with van der Waals surface area (Å²) in [5.74, 6) is -2.51. The Morgan fingerprint density at radius 3 is 2.46 bits per heavy atom. The SMILES string of the molecule is C=CCCNC(=O)OCCCc1cnc[nH]1.O=C(O)/C=C\C(=O)O. The lowest BCUT2D eigenvalue weighted by Gasteiger charge is -2.05. The molecule has 9 nitrogen and oxygen atoms in total. The Bertz CT molecular complexity index is 523. The van der Waals surface area contributed by atoms with Crippen molar-refractivity contribution in [3.05, 3.63) is 43.0 Å². The molecule has 132 valence electrons. The average Bonchev–Trinajstić information content (AvgIpc) is 3.04. The van der Waals surface area contributed by atoms with Gasteiger partial charge in [-0.1, -0.05) is 6.08 Å². The van der Waals surface area contributed by atoms with Gasteiger partial charge in [0.25, 0.3) is 0 Å². The highest BCUT2D eigenvalue weighted by atomic mass is 16.5. The van der Waals surface area contributed by atoms with Gasteiger partial charge in [-0.2, -0.15) is 0 Å².